The summed E-state index contributed by atoms with van der Waals surface area (Å²) < 4.78 is 25.1. The normalized spacial score (nSPS) is 21.6. The SMILES string of the molecule is Cc1ccc2c(c1)OC(CO)(N1CCN(CCNC(=O)c3ccc(F)cc3)CC1)CO2. The van der Waals surface area contributed by atoms with Gasteiger partial charge in [-0.1, -0.05) is 6.07 Å². The number of halogens is 1. The van der Waals surface area contributed by atoms with Crippen molar-refractivity contribution in [2.45, 2.75) is 12.6 Å². The Labute approximate surface area is 181 Å². The summed E-state index contributed by atoms with van der Waals surface area (Å²) >= 11 is 0. The zero-order chi connectivity index (χ0) is 21.8. The number of nitrogens with zero attached hydrogens (tertiary/aromatic N) is 2. The molecule has 4 rings (SSSR count). The van der Waals surface area contributed by atoms with E-state index in [0.29, 0.717) is 30.2 Å². The number of aliphatic hydroxyl groups excluding tert-OH is 1. The molecule has 2 heterocycles. The van der Waals surface area contributed by atoms with Gasteiger partial charge in [-0.15, -0.1) is 0 Å². The second-order valence-corrected chi connectivity index (χ2v) is 8.04. The first-order valence-corrected chi connectivity index (χ1v) is 10.5. The van der Waals surface area contributed by atoms with Crippen LogP contribution >= 0.6 is 0 Å². The predicted octanol–water partition coefficient (Wildman–Crippen LogP) is 1.64. The number of aryl methyl sites for hydroxylation is 1. The van der Waals surface area contributed by atoms with Crippen LogP contribution in [0.5, 0.6) is 11.5 Å². The number of benzene rings is 2. The van der Waals surface area contributed by atoms with E-state index in [1.165, 1.54) is 24.3 Å². The van der Waals surface area contributed by atoms with E-state index in [-0.39, 0.29) is 24.9 Å². The van der Waals surface area contributed by atoms with Gasteiger partial charge in [-0.05, 0) is 48.9 Å². The zero-order valence-corrected chi connectivity index (χ0v) is 17.6. The smallest absolute Gasteiger partial charge is 0.251 e. The number of nitrogens with one attached hydrogen (secondary N) is 1. The second-order valence-electron chi connectivity index (χ2n) is 8.04. The Morgan fingerprint density at radius 2 is 1.87 bits per heavy atom. The number of hydrogen-bond donors (Lipinski definition) is 2. The highest BCUT2D eigenvalue weighted by molar-refractivity contribution is 5.94. The summed E-state index contributed by atoms with van der Waals surface area (Å²) in [6.45, 7) is 6.35. The summed E-state index contributed by atoms with van der Waals surface area (Å²) in [4.78, 5) is 16.5. The number of hydrogen-bond acceptors (Lipinski definition) is 6. The molecular formula is C23H28FN3O4. The van der Waals surface area contributed by atoms with Crippen LogP contribution in [0.15, 0.2) is 42.5 Å². The second kappa shape index (κ2) is 9.21. The molecule has 166 valence electrons. The van der Waals surface area contributed by atoms with Crippen molar-refractivity contribution < 1.29 is 23.8 Å². The average Bonchev–Trinajstić information content (AvgIpc) is 2.79. The molecule has 2 N–H and O–H groups in total. The van der Waals surface area contributed by atoms with Gasteiger partial charge in [0, 0.05) is 44.8 Å². The van der Waals surface area contributed by atoms with Crippen LogP contribution in [0.1, 0.15) is 15.9 Å². The number of amides is 1. The Balaban J connectivity index is 1.27. The Bertz CT molecular complexity index is 916. The van der Waals surface area contributed by atoms with Crippen LogP contribution in [0.3, 0.4) is 0 Å². The molecule has 0 aliphatic carbocycles. The zero-order valence-electron chi connectivity index (χ0n) is 17.6. The van der Waals surface area contributed by atoms with Gasteiger partial charge in [0.25, 0.3) is 5.91 Å². The molecule has 1 unspecified atom stereocenters. The van der Waals surface area contributed by atoms with Crippen molar-refractivity contribution in [3.63, 3.8) is 0 Å². The largest absolute Gasteiger partial charge is 0.484 e. The fourth-order valence-corrected chi connectivity index (χ4v) is 3.98. The van der Waals surface area contributed by atoms with Crippen molar-refractivity contribution in [1.82, 2.24) is 15.1 Å². The van der Waals surface area contributed by atoms with Crippen LogP contribution in [-0.2, 0) is 0 Å². The number of carbonyl (C=O) groups excluding carboxylic acids is 1. The van der Waals surface area contributed by atoms with Gasteiger partial charge in [0.05, 0.1) is 0 Å². The minimum Gasteiger partial charge on any atom is -0.484 e. The summed E-state index contributed by atoms with van der Waals surface area (Å²) in [5.74, 6) is 0.789. The number of piperazine rings is 1. The monoisotopic (exact) mass is 429 g/mol. The lowest BCUT2D eigenvalue weighted by atomic mass is 10.1. The third kappa shape index (κ3) is 4.81. The Hall–Kier alpha value is -2.68. The van der Waals surface area contributed by atoms with Crippen LogP contribution in [0.25, 0.3) is 0 Å². The molecule has 31 heavy (non-hydrogen) atoms. The van der Waals surface area contributed by atoms with Gasteiger partial charge in [0.15, 0.2) is 11.5 Å². The lowest BCUT2D eigenvalue weighted by Gasteiger charge is -2.47. The van der Waals surface area contributed by atoms with Crippen LogP contribution < -0.4 is 14.8 Å². The third-order valence-corrected chi connectivity index (χ3v) is 5.87. The molecule has 2 aliphatic rings. The third-order valence-electron chi connectivity index (χ3n) is 5.87. The maximum Gasteiger partial charge on any atom is 0.251 e. The van der Waals surface area contributed by atoms with E-state index >= 15 is 0 Å². The summed E-state index contributed by atoms with van der Waals surface area (Å²) in [5.41, 5.74) is 0.633. The van der Waals surface area contributed by atoms with Crippen LogP contribution in [-0.4, -0.2) is 79.0 Å². The summed E-state index contributed by atoms with van der Waals surface area (Å²) in [6.07, 6.45) is 0. The minimum atomic E-state index is -0.885. The van der Waals surface area contributed by atoms with Crippen molar-refractivity contribution in [3.05, 3.63) is 59.4 Å². The van der Waals surface area contributed by atoms with Crippen molar-refractivity contribution in [3.8, 4) is 11.5 Å². The molecule has 0 radical (unpaired) electrons. The molecule has 2 aromatic rings. The molecule has 2 aliphatic heterocycles. The molecule has 0 bridgehead atoms. The highest BCUT2D eigenvalue weighted by Crippen LogP contribution is 2.37. The van der Waals surface area contributed by atoms with E-state index in [2.05, 4.69) is 15.1 Å². The molecule has 1 atom stereocenters. The maximum atomic E-state index is 13.0. The van der Waals surface area contributed by atoms with E-state index in [0.717, 1.165) is 31.7 Å². The summed E-state index contributed by atoms with van der Waals surface area (Å²) in [7, 11) is 0. The molecule has 8 heteroatoms. The number of ether oxygens (including phenoxy) is 2. The molecule has 1 fully saturated rings. The first-order chi connectivity index (χ1) is 15.0. The molecule has 0 saturated carbocycles. The molecule has 2 aromatic carbocycles. The summed E-state index contributed by atoms with van der Waals surface area (Å²) in [5, 5.41) is 13.0. The van der Waals surface area contributed by atoms with E-state index in [4.69, 9.17) is 9.47 Å². The van der Waals surface area contributed by atoms with Gasteiger partial charge < -0.3 is 19.9 Å². The van der Waals surface area contributed by atoms with E-state index < -0.39 is 5.72 Å². The van der Waals surface area contributed by atoms with Gasteiger partial charge in [0.2, 0.25) is 5.72 Å². The number of aliphatic hydroxyl groups is 1. The van der Waals surface area contributed by atoms with Crippen molar-refractivity contribution in [2.75, 3.05) is 52.5 Å². The van der Waals surface area contributed by atoms with Gasteiger partial charge in [0.1, 0.15) is 19.0 Å². The van der Waals surface area contributed by atoms with E-state index in [1.807, 2.05) is 25.1 Å². The van der Waals surface area contributed by atoms with Gasteiger partial charge in [-0.2, -0.15) is 0 Å². The first-order valence-electron chi connectivity index (χ1n) is 10.5. The van der Waals surface area contributed by atoms with Crippen molar-refractivity contribution >= 4 is 5.91 Å². The van der Waals surface area contributed by atoms with Crippen LogP contribution in [0, 0.1) is 12.7 Å². The highest BCUT2D eigenvalue weighted by atomic mass is 19.1. The lowest BCUT2D eigenvalue weighted by Crippen LogP contribution is -2.65. The Morgan fingerprint density at radius 3 is 2.58 bits per heavy atom. The highest BCUT2D eigenvalue weighted by Gasteiger charge is 2.44. The fourth-order valence-electron chi connectivity index (χ4n) is 3.98. The molecule has 0 spiro atoms. The average molecular weight is 429 g/mol. The number of rotatable bonds is 6. The Kier molecular flexibility index (Phi) is 6.41. The molecule has 1 amide bonds. The van der Waals surface area contributed by atoms with E-state index in [9.17, 15) is 14.3 Å². The standard InChI is InChI=1S/C23H28FN3O4/c1-17-2-7-20-21(14-17)31-23(15-28,16-30-20)27-12-10-26(11-13-27)9-8-25-22(29)18-3-5-19(24)6-4-18/h2-7,14,28H,8-13,15-16H2,1H3,(H,25,29). The molecular weight excluding hydrogens is 401 g/mol. The minimum absolute atomic E-state index is 0.159. The first kappa shape index (κ1) is 21.5. The quantitative estimate of drug-likeness (QED) is 0.728. The van der Waals surface area contributed by atoms with Gasteiger partial charge >= 0.3 is 0 Å². The topological polar surface area (TPSA) is 74.3 Å². The van der Waals surface area contributed by atoms with Crippen molar-refractivity contribution in [2.24, 2.45) is 0 Å². The Morgan fingerprint density at radius 1 is 1.13 bits per heavy atom. The van der Waals surface area contributed by atoms with E-state index in [1.54, 1.807) is 0 Å². The number of carbonyl (C=O) groups is 1. The molecule has 1 saturated heterocycles. The summed E-state index contributed by atoms with van der Waals surface area (Å²) in [6, 6.07) is 11.3. The fraction of sp³-hybridized carbons (Fsp3) is 0.435. The van der Waals surface area contributed by atoms with Gasteiger partial charge in [-0.25, -0.2) is 4.39 Å². The predicted molar refractivity (Wildman–Crippen MR) is 114 cm³/mol. The molecule has 0 aromatic heterocycles. The van der Waals surface area contributed by atoms with Crippen LogP contribution in [0.2, 0.25) is 0 Å². The van der Waals surface area contributed by atoms with Crippen molar-refractivity contribution in [1.29, 1.82) is 0 Å². The van der Waals surface area contributed by atoms with Crippen LogP contribution in [0.4, 0.5) is 4.39 Å². The van der Waals surface area contributed by atoms with Gasteiger partial charge in [-0.3, -0.25) is 14.6 Å². The lowest BCUT2D eigenvalue weighted by molar-refractivity contribution is -0.163. The maximum absolute atomic E-state index is 13.0. The molecule has 7 nitrogen and oxygen atoms in total. The number of fused-ring (bicyclic) bond motifs is 1.